The van der Waals surface area contributed by atoms with Crippen LogP contribution >= 0.6 is 0 Å². The first-order chi connectivity index (χ1) is 21.7. The number of ether oxygens (including phenoxy) is 1. The van der Waals surface area contributed by atoms with Crippen molar-refractivity contribution in [1.29, 1.82) is 0 Å². The quantitative estimate of drug-likeness (QED) is 0.239. The fourth-order valence-electron chi connectivity index (χ4n) is 4.45. The maximum atomic E-state index is 13.5. The largest absolute Gasteiger partial charge is 0.484 e. The summed E-state index contributed by atoms with van der Waals surface area (Å²) < 4.78 is 5.79. The molecular formula is C35H37N5O5. The molecule has 0 bridgehead atoms. The number of likely N-dealkylation sites (N-methyl/N-ethyl adjacent to an activating group) is 2. The minimum absolute atomic E-state index is 0.211. The second kappa shape index (κ2) is 15.7. The summed E-state index contributed by atoms with van der Waals surface area (Å²) in [5.41, 5.74) is 3.60. The van der Waals surface area contributed by atoms with Crippen LogP contribution in [-0.2, 0) is 20.9 Å². The summed E-state index contributed by atoms with van der Waals surface area (Å²) in [5.74, 6) is -0.732. The van der Waals surface area contributed by atoms with Crippen LogP contribution in [-0.4, -0.2) is 62.4 Å². The number of hydrogen-bond donors (Lipinski definition) is 2. The number of anilines is 3. The zero-order valence-corrected chi connectivity index (χ0v) is 25.6. The molecule has 5 amide bonds. The third-order valence-corrected chi connectivity index (χ3v) is 6.97. The van der Waals surface area contributed by atoms with Crippen molar-refractivity contribution >= 4 is 40.8 Å². The minimum Gasteiger partial charge on any atom is -0.484 e. The van der Waals surface area contributed by atoms with Crippen LogP contribution in [0, 0.1) is 6.92 Å². The number of rotatable bonds is 12. The van der Waals surface area contributed by atoms with Crippen molar-refractivity contribution in [2.24, 2.45) is 0 Å². The molecular weight excluding hydrogens is 570 g/mol. The van der Waals surface area contributed by atoms with Gasteiger partial charge in [0.05, 0.1) is 6.54 Å². The second-order valence-electron chi connectivity index (χ2n) is 10.5. The number of benzene rings is 4. The molecule has 0 atom stereocenters. The zero-order chi connectivity index (χ0) is 32.2. The van der Waals surface area contributed by atoms with Crippen LogP contribution in [0.1, 0.15) is 11.1 Å². The number of nitrogens with one attached hydrogen (secondary N) is 2. The first-order valence-electron chi connectivity index (χ1n) is 14.4. The fraction of sp³-hybridized carbons (Fsp3) is 0.200. The van der Waals surface area contributed by atoms with E-state index in [2.05, 4.69) is 10.6 Å². The standard InChI is InChI=1S/C35H37N5O5/c1-26-12-10-15-28(20-26)37-35(44)36-22-32(41)40(24-33(42)39(3)29-16-8-5-9-17-29)30-18-11-19-31(21-30)45-25-34(43)38(2)23-27-13-6-4-7-14-27/h4-21H,22-25H2,1-3H3,(H2,36,37,44). The molecule has 4 rings (SSSR count). The summed E-state index contributed by atoms with van der Waals surface area (Å²) in [7, 11) is 3.33. The topological polar surface area (TPSA) is 111 Å². The Morgan fingerprint density at radius 2 is 1.38 bits per heavy atom. The van der Waals surface area contributed by atoms with Crippen molar-refractivity contribution in [3.8, 4) is 5.75 Å². The molecule has 0 radical (unpaired) electrons. The number of carbonyl (C=O) groups is 4. The van der Waals surface area contributed by atoms with E-state index in [0.29, 0.717) is 29.4 Å². The molecule has 0 saturated heterocycles. The summed E-state index contributed by atoms with van der Waals surface area (Å²) in [6.45, 7) is 1.47. The van der Waals surface area contributed by atoms with Gasteiger partial charge in [-0.25, -0.2) is 4.79 Å². The molecule has 0 heterocycles. The van der Waals surface area contributed by atoms with Crippen molar-refractivity contribution in [2.75, 3.05) is 48.9 Å². The van der Waals surface area contributed by atoms with Gasteiger partial charge in [0, 0.05) is 43.8 Å². The summed E-state index contributed by atoms with van der Waals surface area (Å²) in [5, 5.41) is 5.28. The van der Waals surface area contributed by atoms with Gasteiger partial charge in [-0.2, -0.15) is 0 Å². The molecule has 0 fully saturated rings. The van der Waals surface area contributed by atoms with Gasteiger partial charge < -0.3 is 30.1 Å². The molecule has 0 aliphatic heterocycles. The van der Waals surface area contributed by atoms with Crippen LogP contribution in [0.2, 0.25) is 0 Å². The van der Waals surface area contributed by atoms with Gasteiger partial charge in [-0.3, -0.25) is 14.4 Å². The van der Waals surface area contributed by atoms with Gasteiger partial charge >= 0.3 is 6.03 Å². The Kier molecular flexibility index (Phi) is 11.3. The van der Waals surface area contributed by atoms with E-state index >= 15 is 0 Å². The van der Waals surface area contributed by atoms with Crippen LogP contribution in [0.5, 0.6) is 5.75 Å². The van der Waals surface area contributed by atoms with Crippen molar-refractivity contribution in [3.05, 3.63) is 120 Å². The van der Waals surface area contributed by atoms with Crippen LogP contribution in [0.3, 0.4) is 0 Å². The third kappa shape index (κ3) is 9.69. The van der Waals surface area contributed by atoms with Gasteiger partial charge in [-0.05, 0) is 54.4 Å². The Labute approximate surface area is 263 Å². The van der Waals surface area contributed by atoms with Gasteiger partial charge in [-0.1, -0.05) is 66.7 Å². The smallest absolute Gasteiger partial charge is 0.319 e. The first-order valence-corrected chi connectivity index (χ1v) is 14.4. The molecule has 4 aromatic rings. The molecule has 10 nitrogen and oxygen atoms in total. The van der Waals surface area contributed by atoms with Gasteiger partial charge in [0.15, 0.2) is 6.61 Å². The first kappa shape index (κ1) is 32.3. The van der Waals surface area contributed by atoms with Crippen molar-refractivity contribution in [1.82, 2.24) is 10.2 Å². The van der Waals surface area contributed by atoms with Gasteiger partial charge in [0.2, 0.25) is 11.8 Å². The van der Waals surface area contributed by atoms with Crippen LogP contribution in [0.15, 0.2) is 109 Å². The lowest BCUT2D eigenvalue weighted by atomic mass is 10.2. The highest BCUT2D eigenvalue weighted by molar-refractivity contribution is 6.05. The maximum Gasteiger partial charge on any atom is 0.319 e. The predicted molar refractivity (Wildman–Crippen MR) is 175 cm³/mol. The molecule has 4 aromatic carbocycles. The highest BCUT2D eigenvalue weighted by Crippen LogP contribution is 2.23. The molecule has 0 aromatic heterocycles. The highest BCUT2D eigenvalue weighted by atomic mass is 16.5. The molecule has 0 spiro atoms. The van der Waals surface area contributed by atoms with E-state index in [-0.39, 0.29) is 31.5 Å². The third-order valence-electron chi connectivity index (χ3n) is 6.97. The van der Waals surface area contributed by atoms with E-state index in [0.717, 1.165) is 11.1 Å². The van der Waals surface area contributed by atoms with E-state index in [1.54, 1.807) is 61.5 Å². The van der Waals surface area contributed by atoms with Crippen LogP contribution < -0.4 is 25.2 Å². The summed E-state index contributed by atoms with van der Waals surface area (Å²) in [6, 6.07) is 32.0. The molecule has 45 heavy (non-hydrogen) atoms. The van der Waals surface area contributed by atoms with E-state index in [1.807, 2.05) is 73.7 Å². The number of aryl methyl sites for hydroxylation is 1. The molecule has 0 saturated carbocycles. The lowest BCUT2D eigenvalue weighted by molar-refractivity contribution is -0.132. The Morgan fingerprint density at radius 1 is 0.711 bits per heavy atom. The lowest BCUT2D eigenvalue weighted by Gasteiger charge is -2.26. The summed E-state index contributed by atoms with van der Waals surface area (Å²) in [4.78, 5) is 56.4. The summed E-state index contributed by atoms with van der Waals surface area (Å²) >= 11 is 0. The average molecular weight is 608 g/mol. The molecule has 0 unspecified atom stereocenters. The van der Waals surface area contributed by atoms with Crippen molar-refractivity contribution in [3.63, 3.8) is 0 Å². The number of para-hydroxylation sites is 1. The molecule has 10 heteroatoms. The second-order valence-corrected chi connectivity index (χ2v) is 10.5. The number of carbonyl (C=O) groups excluding carboxylic acids is 4. The highest BCUT2D eigenvalue weighted by Gasteiger charge is 2.23. The number of amides is 5. The number of hydrogen-bond acceptors (Lipinski definition) is 5. The molecule has 232 valence electrons. The molecule has 2 N–H and O–H groups in total. The van der Waals surface area contributed by atoms with Gasteiger partial charge in [0.25, 0.3) is 5.91 Å². The van der Waals surface area contributed by atoms with Crippen LogP contribution in [0.25, 0.3) is 0 Å². The monoisotopic (exact) mass is 607 g/mol. The number of nitrogens with zero attached hydrogens (tertiary/aromatic N) is 3. The van der Waals surface area contributed by atoms with E-state index in [9.17, 15) is 19.2 Å². The Hall–Kier alpha value is -5.64. The van der Waals surface area contributed by atoms with Crippen molar-refractivity contribution < 1.29 is 23.9 Å². The van der Waals surface area contributed by atoms with Crippen LogP contribution in [0.4, 0.5) is 21.9 Å². The average Bonchev–Trinajstić information content (AvgIpc) is 3.05. The molecule has 0 aliphatic carbocycles. The van der Waals surface area contributed by atoms with Gasteiger partial charge in [0.1, 0.15) is 12.3 Å². The lowest BCUT2D eigenvalue weighted by Crippen LogP contribution is -2.46. The van der Waals surface area contributed by atoms with Gasteiger partial charge in [-0.15, -0.1) is 0 Å². The zero-order valence-electron chi connectivity index (χ0n) is 25.6. The fourth-order valence-corrected chi connectivity index (χ4v) is 4.45. The number of urea groups is 1. The normalized spacial score (nSPS) is 10.4. The summed E-state index contributed by atoms with van der Waals surface area (Å²) in [6.07, 6.45) is 0. The maximum absolute atomic E-state index is 13.5. The van der Waals surface area contributed by atoms with E-state index in [4.69, 9.17) is 4.74 Å². The van der Waals surface area contributed by atoms with Crippen molar-refractivity contribution in [2.45, 2.75) is 13.5 Å². The Balaban J connectivity index is 1.45. The van der Waals surface area contributed by atoms with E-state index in [1.165, 1.54) is 9.80 Å². The van der Waals surface area contributed by atoms with E-state index < -0.39 is 11.9 Å². The SMILES string of the molecule is Cc1cccc(NC(=O)NCC(=O)N(CC(=O)N(C)c2ccccc2)c2cccc(OCC(=O)N(C)Cc3ccccc3)c2)c1. The minimum atomic E-state index is -0.558. The predicted octanol–water partition coefficient (Wildman–Crippen LogP) is 4.85. The Bertz CT molecular complexity index is 1610. The Morgan fingerprint density at radius 3 is 2.09 bits per heavy atom. The molecule has 0 aliphatic rings.